The van der Waals surface area contributed by atoms with Gasteiger partial charge in [-0.2, -0.15) is 9.78 Å². The van der Waals surface area contributed by atoms with E-state index in [1.54, 1.807) is 43.5 Å². The van der Waals surface area contributed by atoms with E-state index in [0.717, 1.165) is 15.6 Å². The molecule has 0 atom stereocenters. The van der Waals surface area contributed by atoms with Crippen molar-refractivity contribution in [2.24, 2.45) is 5.10 Å². The minimum atomic E-state index is -0.244. The zero-order valence-corrected chi connectivity index (χ0v) is 21.5. The topological polar surface area (TPSA) is 65.7 Å². The molecule has 0 N–H and O–H groups in total. The Morgan fingerprint density at radius 1 is 1.03 bits per heavy atom. The maximum atomic E-state index is 12.9. The second-order valence-electron chi connectivity index (χ2n) is 7.36. The number of hydrogen-bond donors (Lipinski definition) is 0. The molecule has 0 spiro atoms. The van der Waals surface area contributed by atoms with Crippen molar-refractivity contribution >= 4 is 56.2 Å². The molecule has 1 heterocycles. The highest BCUT2D eigenvalue weighted by Gasteiger charge is 2.10. The highest BCUT2D eigenvalue weighted by Crippen LogP contribution is 2.30. The Balaban J connectivity index is 1.60. The molecule has 0 aliphatic rings. The third-order valence-corrected chi connectivity index (χ3v) is 6.17. The minimum Gasteiger partial charge on any atom is -0.490 e. The van der Waals surface area contributed by atoms with Gasteiger partial charge in [-0.3, -0.25) is 4.79 Å². The molecule has 1 aromatic heterocycles. The lowest BCUT2D eigenvalue weighted by atomic mass is 10.2. The molecule has 0 bridgehead atoms. The van der Waals surface area contributed by atoms with Crippen LogP contribution < -0.4 is 15.0 Å². The van der Waals surface area contributed by atoms with Gasteiger partial charge in [0.15, 0.2) is 11.5 Å². The number of fused-ring (bicyclic) bond motifs is 1. The van der Waals surface area contributed by atoms with Crippen LogP contribution >= 0.6 is 39.1 Å². The van der Waals surface area contributed by atoms with Gasteiger partial charge in [-0.05, 0) is 73.5 Å². The summed E-state index contributed by atoms with van der Waals surface area (Å²) in [4.78, 5) is 17.4. The molecule has 0 saturated heterocycles. The molecule has 0 saturated carbocycles. The van der Waals surface area contributed by atoms with Crippen LogP contribution in [0.3, 0.4) is 0 Å². The van der Waals surface area contributed by atoms with Crippen molar-refractivity contribution in [2.75, 3.05) is 6.61 Å². The Labute approximate surface area is 214 Å². The molecule has 4 aromatic rings. The molecule has 174 valence electrons. The number of ether oxygens (including phenoxy) is 2. The van der Waals surface area contributed by atoms with E-state index in [2.05, 4.69) is 26.0 Å². The summed E-state index contributed by atoms with van der Waals surface area (Å²) < 4.78 is 13.8. The monoisotopic (exact) mass is 559 g/mol. The van der Waals surface area contributed by atoms with Crippen LogP contribution in [0.15, 0.2) is 69.0 Å². The molecule has 6 nitrogen and oxygen atoms in total. The summed E-state index contributed by atoms with van der Waals surface area (Å²) in [6.07, 6.45) is 1.59. The van der Waals surface area contributed by atoms with Gasteiger partial charge in [0.25, 0.3) is 5.56 Å². The van der Waals surface area contributed by atoms with E-state index in [1.165, 1.54) is 4.68 Å². The van der Waals surface area contributed by atoms with Gasteiger partial charge in [-0.15, -0.1) is 0 Å². The standard InChI is InChI=1S/C25H20BrCl2N3O3/c1-3-33-24-11-16(5-9-23(24)34-14-17-4-7-20(27)21(28)10-17)13-29-31-15(2)30-22-8-6-18(26)12-19(22)25(31)32/h4-13H,3,14H2,1-2H3. The molecule has 4 rings (SSSR count). The van der Waals surface area contributed by atoms with Crippen LogP contribution in [0, 0.1) is 6.92 Å². The fourth-order valence-electron chi connectivity index (χ4n) is 3.30. The van der Waals surface area contributed by atoms with E-state index in [-0.39, 0.29) is 5.56 Å². The maximum Gasteiger partial charge on any atom is 0.282 e. The van der Waals surface area contributed by atoms with E-state index in [1.807, 2.05) is 31.2 Å². The number of benzene rings is 3. The zero-order chi connectivity index (χ0) is 24.2. The summed E-state index contributed by atoms with van der Waals surface area (Å²) in [5.74, 6) is 1.63. The highest BCUT2D eigenvalue weighted by atomic mass is 79.9. The molecule has 0 fully saturated rings. The van der Waals surface area contributed by atoms with Crippen molar-refractivity contribution in [1.29, 1.82) is 0 Å². The summed E-state index contributed by atoms with van der Waals surface area (Å²) >= 11 is 15.5. The summed E-state index contributed by atoms with van der Waals surface area (Å²) in [5.41, 5.74) is 2.00. The van der Waals surface area contributed by atoms with Gasteiger partial charge < -0.3 is 9.47 Å². The van der Waals surface area contributed by atoms with Crippen LogP contribution in [0.4, 0.5) is 0 Å². The van der Waals surface area contributed by atoms with Crippen molar-refractivity contribution in [1.82, 2.24) is 9.66 Å². The SMILES string of the molecule is CCOc1cc(C=Nn2c(C)nc3ccc(Br)cc3c2=O)ccc1OCc1ccc(Cl)c(Cl)c1. The van der Waals surface area contributed by atoms with Gasteiger partial charge in [0.2, 0.25) is 0 Å². The van der Waals surface area contributed by atoms with E-state index < -0.39 is 0 Å². The van der Waals surface area contributed by atoms with Crippen LogP contribution in [0.25, 0.3) is 10.9 Å². The maximum absolute atomic E-state index is 12.9. The van der Waals surface area contributed by atoms with Crippen LogP contribution in [0.1, 0.15) is 23.9 Å². The summed E-state index contributed by atoms with van der Waals surface area (Å²) in [6.45, 7) is 4.40. The minimum absolute atomic E-state index is 0.244. The van der Waals surface area contributed by atoms with Gasteiger partial charge in [-0.1, -0.05) is 45.2 Å². The average Bonchev–Trinajstić information content (AvgIpc) is 2.81. The molecule has 34 heavy (non-hydrogen) atoms. The smallest absolute Gasteiger partial charge is 0.282 e. The molecule has 3 aromatic carbocycles. The lowest BCUT2D eigenvalue weighted by Gasteiger charge is -2.13. The first kappa shape index (κ1) is 24.3. The van der Waals surface area contributed by atoms with Crippen LogP contribution in [0.2, 0.25) is 10.0 Å². The number of halogens is 3. The Morgan fingerprint density at radius 2 is 1.85 bits per heavy atom. The van der Waals surface area contributed by atoms with E-state index in [4.69, 9.17) is 32.7 Å². The van der Waals surface area contributed by atoms with Gasteiger partial charge in [0, 0.05) is 4.47 Å². The average molecular weight is 561 g/mol. The first-order valence-electron chi connectivity index (χ1n) is 10.4. The Bertz CT molecular complexity index is 1450. The van der Waals surface area contributed by atoms with Crippen molar-refractivity contribution in [3.8, 4) is 11.5 Å². The molecular formula is C25H20BrCl2N3O3. The van der Waals surface area contributed by atoms with Crippen molar-refractivity contribution in [2.45, 2.75) is 20.5 Å². The summed E-state index contributed by atoms with van der Waals surface area (Å²) in [5, 5.41) is 5.83. The Hall–Kier alpha value is -2.87. The van der Waals surface area contributed by atoms with E-state index in [0.29, 0.717) is 51.5 Å². The molecule has 0 radical (unpaired) electrons. The Kier molecular flexibility index (Phi) is 7.56. The third-order valence-electron chi connectivity index (χ3n) is 4.94. The van der Waals surface area contributed by atoms with Gasteiger partial charge in [0.05, 0.1) is 33.8 Å². The van der Waals surface area contributed by atoms with Crippen molar-refractivity contribution < 1.29 is 9.47 Å². The van der Waals surface area contributed by atoms with Crippen molar-refractivity contribution in [3.63, 3.8) is 0 Å². The van der Waals surface area contributed by atoms with Crippen LogP contribution in [0.5, 0.6) is 11.5 Å². The van der Waals surface area contributed by atoms with Gasteiger partial charge in [-0.25, -0.2) is 4.98 Å². The molecular weight excluding hydrogens is 541 g/mol. The zero-order valence-electron chi connectivity index (χ0n) is 18.4. The number of rotatable bonds is 7. The van der Waals surface area contributed by atoms with Gasteiger partial charge >= 0.3 is 0 Å². The normalized spacial score (nSPS) is 11.3. The highest BCUT2D eigenvalue weighted by molar-refractivity contribution is 9.10. The predicted octanol–water partition coefficient (Wildman–Crippen LogP) is 6.63. The van der Waals surface area contributed by atoms with Crippen molar-refractivity contribution in [3.05, 3.63) is 96.4 Å². The lowest BCUT2D eigenvalue weighted by Crippen LogP contribution is -2.20. The first-order chi connectivity index (χ1) is 16.4. The molecule has 0 unspecified atom stereocenters. The fourth-order valence-corrected chi connectivity index (χ4v) is 3.98. The summed E-state index contributed by atoms with van der Waals surface area (Å²) in [6, 6.07) is 16.2. The second-order valence-corrected chi connectivity index (χ2v) is 9.09. The molecule has 0 aliphatic heterocycles. The van der Waals surface area contributed by atoms with Crippen LogP contribution in [-0.2, 0) is 6.61 Å². The number of hydrogen-bond acceptors (Lipinski definition) is 5. The number of aryl methyl sites for hydroxylation is 1. The first-order valence-corrected chi connectivity index (χ1v) is 12.0. The largest absolute Gasteiger partial charge is 0.490 e. The lowest BCUT2D eigenvalue weighted by molar-refractivity contribution is 0.269. The van der Waals surface area contributed by atoms with Gasteiger partial charge in [0.1, 0.15) is 12.4 Å². The fraction of sp³-hybridized carbons (Fsp3) is 0.160. The summed E-state index contributed by atoms with van der Waals surface area (Å²) in [7, 11) is 0. The second kappa shape index (κ2) is 10.6. The van der Waals surface area contributed by atoms with E-state index >= 15 is 0 Å². The Morgan fingerprint density at radius 3 is 2.62 bits per heavy atom. The predicted molar refractivity (Wildman–Crippen MR) is 140 cm³/mol. The number of aromatic nitrogens is 2. The van der Waals surface area contributed by atoms with E-state index in [9.17, 15) is 4.79 Å². The number of nitrogens with zero attached hydrogens (tertiary/aromatic N) is 3. The third kappa shape index (κ3) is 5.43. The molecule has 0 amide bonds. The molecule has 0 aliphatic carbocycles. The quantitative estimate of drug-likeness (QED) is 0.238. The molecule has 9 heteroatoms. The van der Waals surface area contributed by atoms with Crippen LogP contribution in [-0.4, -0.2) is 22.5 Å².